The van der Waals surface area contributed by atoms with Gasteiger partial charge in [0.15, 0.2) is 12.2 Å². The lowest BCUT2D eigenvalue weighted by Crippen LogP contribution is -2.41. The molecule has 2 unspecified atom stereocenters. The Morgan fingerprint density at radius 3 is 1.34 bits per heavy atom. The number of hydrogen-bond acceptors (Lipinski definition) is 17. The highest BCUT2D eigenvalue weighted by Gasteiger charge is 2.44. The van der Waals surface area contributed by atoms with Crippen molar-refractivity contribution in [3.63, 3.8) is 0 Å². The minimum atomic E-state index is -5.05. The van der Waals surface area contributed by atoms with E-state index in [1.54, 1.807) is 30.3 Å². The van der Waals surface area contributed by atoms with Crippen LogP contribution in [-0.2, 0) is 85.5 Å². The molecule has 3 aromatic carbocycles. The minimum Gasteiger partial charge on any atom is -0.481 e. The Balaban J connectivity index is 0.000000303. The maximum atomic E-state index is 15.0. The second-order valence-electron chi connectivity index (χ2n) is 17.3. The van der Waals surface area contributed by atoms with E-state index in [2.05, 4.69) is 9.98 Å². The average molecular weight is 1340 g/mol. The zero-order valence-electron chi connectivity index (χ0n) is 44.6. The summed E-state index contributed by atoms with van der Waals surface area (Å²) in [6.07, 6.45) is -14.6. The van der Waals surface area contributed by atoms with Gasteiger partial charge in [-0.3, -0.25) is 57.3 Å². The fraction of sp³-hybridized carbons (Fsp3) is 0.306. The number of carbonyl (C=O) groups is 6. The normalized spacial score (nSPS) is 15.7. The molecule has 2 aliphatic heterocycles. The Morgan fingerprint density at radius 1 is 0.609 bits per heavy atom. The summed E-state index contributed by atoms with van der Waals surface area (Å²) in [6, 6.07) is 10.4. The van der Waals surface area contributed by atoms with E-state index in [9.17, 15) is 83.1 Å². The number of carboxylic acids is 1. The molecular formula is C49H40BCl5F8N8O16. The Bertz CT molecular complexity index is 3810. The van der Waals surface area contributed by atoms with Crippen LogP contribution in [0.4, 0.5) is 46.5 Å². The molecule has 0 radical (unpaired) electrons. The van der Waals surface area contributed by atoms with Crippen LogP contribution in [0.1, 0.15) is 43.6 Å². The van der Waals surface area contributed by atoms with Crippen molar-refractivity contribution in [2.75, 3.05) is 26.3 Å². The molecule has 2 aromatic heterocycles. The van der Waals surface area contributed by atoms with E-state index in [1.807, 2.05) is 0 Å². The molecule has 0 saturated carbocycles. The summed E-state index contributed by atoms with van der Waals surface area (Å²) in [5.41, 5.74) is -11.1. The van der Waals surface area contributed by atoms with E-state index in [1.165, 1.54) is 13.8 Å². The number of ether oxygens (including phenoxy) is 5. The van der Waals surface area contributed by atoms with Gasteiger partial charge in [0, 0.05) is 26.2 Å². The third kappa shape index (κ3) is 17.7. The van der Waals surface area contributed by atoms with Gasteiger partial charge in [0.1, 0.15) is 42.7 Å². The molecular weight excluding hydrogens is 1300 g/mol. The molecule has 24 nitrogen and oxygen atoms in total. The van der Waals surface area contributed by atoms with E-state index in [4.69, 9.17) is 86.4 Å². The lowest BCUT2D eigenvalue weighted by Gasteiger charge is -2.15. The van der Waals surface area contributed by atoms with Crippen molar-refractivity contribution in [2.24, 2.45) is 24.1 Å². The summed E-state index contributed by atoms with van der Waals surface area (Å²) in [4.78, 5) is 132. The van der Waals surface area contributed by atoms with Crippen molar-refractivity contribution in [3.8, 4) is 11.4 Å². The van der Waals surface area contributed by atoms with Crippen LogP contribution in [0.2, 0.25) is 10.0 Å². The summed E-state index contributed by atoms with van der Waals surface area (Å²) in [6.45, 7) is 1.39. The lowest BCUT2D eigenvalue weighted by atomic mass is 10.2. The average Bonchev–Trinajstić information content (AvgIpc) is 1.69. The molecule has 2 atom stereocenters. The summed E-state index contributed by atoms with van der Waals surface area (Å²) >= 11 is 26.6. The van der Waals surface area contributed by atoms with Gasteiger partial charge in [-0.05, 0) is 43.7 Å². The number of aliphatic carboxylic acids is 1. The molecule has 38 heteroatoms. The molecule has 0 aliphatic carbocycles. The fourth-order valence-corrected chi connectivity index (χ4v) is 7.92. The quantitative estimate of drug-likeness (QED) is 0.0474. The Kier molecular flexibility index (Phi) is 23.5. The molecule has 0 bridgehead atoms. The van der Waals surface area contributed by atoms with Crippen molar-refractivity contribution in [2.45, 2.75) is 57.9 Å². The molecule has 2 aliphatic rings. The summed E-state index contributed by atoms with van der Waals surface area (Å²) < 4.78 is 135. The van der Waals surface area contributed by atoms with Crippen LogP contribution in [0.5, 0.6) is 0 Å². The Labute approximate surface area is 506 Å². The first-order valence-corrected chi connectivity index (χ1v) is 26.2. The Morgan fingerprint density at radius 2 is 0.989 bits per heavy atom. The highest BCUT2D eigenvalue weighted by atomic mass is 35.6. The SMILES string of the molecule is CCOC(=O)CN1C(=O)C(CC(=O)O)OC1=Nc1cc(-n2c(=O)cc(C(F)(F)F)n(C)c2=O)c(F)cc1Cl.CCOC(=O)CN1C(=O)C(CC(=O)OCc2ccccc2)OC1=Nc1cc(-n2c(=O)cc(C(F)(F)F)n(C)c2=O)c(F)cc1Cl.ClB(Cl)Cl. The van der Waals surface area contributed by atoms with Gasteiger partial charge in [-0.2, -0.15) is 70.7 Å². The van der Waals surface area contributed by atoms with Crippen molar-refractivity contribution in [3.05, 3.63) is 147 Å². The van der Waals surface area contributed by atoms with Gasteiger partial charge in [0.05, 0.1) is 58.9 Å². The molecule has 1 N–H and O–H groups in total. The number of amidine groups is 2. The smallest absolute Gasteiger partial charge is 0.450 e. The van der Waals surface area contributed by atoms with Crippen LogP contribution in [0.15, 0.2) is 95.9 Å². The predicted octanol–water partition coefficient (Wildman–Crippen LogP) is 6.55. The number of nitrogens with zero attached hydrogens (tertiary/aromatic N) is 8. The number of benzene rings is 3. The van der Waals surface area contributed by atoms with E-state index in [0.717, 1.165) is 31.1 Å². The maximum Gasteiger partial charge on any atom is 0.450 e. The molecule has 2 amide bonds. The molecule has 466 valence electrons. The van der Waals surface area contributed by atoms with Gasteiger partial charge >= 0.3 is 64.6 Å². The third-order valence-electron chi connectivity index (χ3n) is 11.3. The first kappa shape index (κ1) is 69.5. The van der Waals surface area contributed by atoms with Crippen LogP contribution in [-0.4, -0.2) is 124 Å². The topological polar surface area (TPSA) is 288 Å². The summed E-state index contributed by atoms with van der Waals surface area (Å²) in [7, 11) is 1.47. The lowest BCUT2D eigenvalue weighted by molar-refractivity contribution is -0.150. The fourth-order valence-electron chi connectivity index (χ4n) is 7.53. The maximum absolute atomic E-state index is 15.0. The van der Waals surface area contributed by atoms with Gasteiger partial charge in [-0.15, -0.1) is 0 Å². The van der Waals surface area contributed by atoms with Gasteiger partial charge in [-0.1, -0.05) is 53.5 Å². The number of carbonyl (C=O) groups excluding carboxylic acids is 5. The Hall–Kier alpha value is -8.27. The van der Waals surface area contributed by atoms with E-state index in [0.29, 0.717) is 22.6 Å². The molecule has 2 saturated heterocycles. The predicted molar refractivity (Wildman–Crippen MR) is 292 cm³/mol. The van der Waals surface area contributed by atoms with Crippen LogP contribution in [0.3, 0.4) is 0 Å². The number of halogens is 13. The number of carboxylic acid groups (broad SMARTS) is 1. The molecule has 0 spiro atoms. The molecule has 7 rings (SSSR count). The minimum absolute atomic E-state index is 0.0343. The van der Waals surface area contributed by atoms with Crippen molar-refractivity contribution in [1.82, 2.24) is 28.1 Å². The standard InChI is InChI=1S/C28H23ClF4N4O8.C21H17ClF4N4O8.BCl3/c1-3-43-24(40)13-36-25(41)20(11-23(39)44-14-15-7-5-4-6-8-15)45-26(36)34-18-10-19(17(30)9-16(18)29)37-22(38)12-21(28(31,32)33)35(2)27(37)42;1-3-37-17(34)8-29-18(35)13(6-16(32)33)38-19(29)27-11-5-12(10(23)4-9(11)22)30-15(31)7-14(21(24,25)26)28(2)20(30)36;2-1(3)4/h4-10,12,20H,3,11,13-14H2,1-2H3;4-5,7,13H,3,6,8H2,1-2H3,(H,32,33);. The van der Waals surface area contributed by atoms with Gasteiger partial charge < -0.3 is 28.8 Å². The molecule has 87 heavy (non-hydrogen) atoms. The van der Waals surface area contributed by atoms with E-state index in [-0.39, 0.29) is 50.2 Å². The van der Waals surface area contributed by atoms with Gasteiger partial charge in [0.2, 0.25) is 0 Å². The first-order chi connectivity index (χ1) is 40.6. The molecule has 5 aromatic rings. The molecule has 2 fully saturated rings. The van der Waals surface area contributed by atoms with Crippen LogP contribution >= 0.6 is 57.6 Å². The zero-order chi connectivity index (χ0) is 65.2. The van der Waals surface area contributed by atoms with Gasteiger partial charge in [-0.25, -0.2) is 27.5 Å². The highest BCUT2D eigenvalue weighted by molar-refractivity contribution is 7.54. The number of aliphatic imine (C=N–C) groups is 2. The monoisotopic (exact) mass is 1330 g/mol. The van der Waals surface area contributed by atoms with E-state index < -0.39 is 182 Å². The molecule has 4 heterocycles. The second-order valence-corrected chi connectivity index (χ2v) is 20.0. The van der Waals surface area contributed by atoms with E-state index >= 15 is 0 Å². The largest absolute Gasteiger partial charge is 0.481 e. The number of aromatic nitrogens is 4. The number of rotatable bonds is 16. The number of amides is 2. The number of alkyl halides is 6. The van der Waals surface area contributed by atoms with Gasteiger partial charge in [0.25, 0.3) is 22.9 Å². The van der Waals surface area contributed by atoms with Crippen LogP contribution < -0.4 is 22.5 Å². The van der Waals surface area contributed by atoms with Crippen molar-refractivity contribution < 1.29 is 92.7 Å². The number of esters is 3. The number of hydrogen-bond donors (Lipinski definition) is 1. The van der Waals surface area contributed by atoms with Crippen LogP contribution in [0.25, 0.3) is 11.4 Å². The second kappa shape index (κ2) is 29.4. The van der Waals surface area contributed by atoms with Crippen molar-refractivity contribution in [1.29, 1.82) is 0 Å². The highest BCUT2D eigenvalue weighted by Crippen LogP contribution is 2.34. The summed E-state index contributed by atoms with van der Waals surface area (Å²) in [5.74, 6) is -8.43. The van der Waals surface area contributed by atoms with Crippen LogP contribution in [0, 0.1) is 11.6 Å². The third-order valence-corrected chi connectivity index (χ3v) is 12.0. The first-order valence-electron chi connectivity index (χ1n) is 24.2. The zero-order valence-corrected chi connectivity index (χ0v) is 48.4. The summed E-state index contributed by atoms with van der Waals surface area (Å²) in [5, 5.41) is 8.14. The van der Waals surface area contributed by atoms with Crippen molar-refractivity contribution >= 4 is 122 Å².